The Labute approximate surface area is 184 Å². The van der Waals surface area contributed by atoms with Crippen molar-refractivity contribution in [2.45, 2.75) is 32.2 Å². The molecule has 0 saturated heterocycles. The summed E-state index contributed by atoms with van der Waals surface area (Å²) in [6.07, 6.45) is 4.81. The number of anilines is 1. The summed E-state index contributed by atoms with van der Waals surface area (Å²) in [5, 5.41) is 15.6. The molecule has 0 heterocycles. The van der Waals surface area contributed by atoms with E-state index in [9.17, 15) is 10.1 Å². The van der Waals surface area contributed by atoms with Crippen molar-refractivity contribution >= 4 is 11.6 Å². The van der Waals surface area contributed by atoms with Gasteiger partial charge in [-0.1, -0.05) is 86.1 Å². The monoisotopic (exact) mass is 409 g/mol. The highest BCUT2D eigenvalue weighted by atomic mass is 16.1. The van der Waals surface area contributed by atoms with Gasteiger partial charge in [-0.05, 0) is 41.7 Å². The van der Waals surface area contributed by atoms with Crippen molar-refractivity contribution in [2.75, 3.05) is 5.32 Å². The molecule has 0 radical (unpaired) electrons. The Kier molecular flexibility index (Phi) is 8.02. The fourth-order valence-electron chi connectivity index (χ4n) is 3.33. The van der Waals surface area contributed by atoms with Crippen LogP contribution >= 0.6 is 0 Å². The Morgan fingerprint density at radius 1 is 0.935 bits per heavy atom. The lowest BCUT2D eigenvalue weighted by molar-refractivity contribution is -0.112. The van der Waals surface area contributed by atoms with Crippen molar-refractivity contribution < 1.29 is 4.79 Å². The van der Waals surface area contributed by atoms with Gasteiger partial charge in [0.1, 0.15) is 11.6 Å². The molecular formula is C27H27N3O. The molecule has 3 aromatic rings. The van der Waals surface area contributed by atoms with E-state index in [-0.39, 0.29) is 11.6 Å². The van der Waals surface area contributed by atoms with Gasteiger partial charge in [0, 0.05) is 11.9 Å². The first-order valence-corrected chi connectivity index (χ1v) is 10.6. The Bertz CT molecular complexity index is 996. The van der Waals surface area contributed by atoms with Crippen LogP contribution in [-0.2, 0) is 11.2 Å². The van der Waals surface area contributed by atoms with Gasteiger partial charge < -0.3 is 10.6 Å². The summed E-state index contributed by atoms with van der Waals surface area (Å²) in [7, 11) is 0. The van der Waals surface area contributed by atoms with Crippen molar-refractivity contribution in [3.05, 3.63) is 113 Å². The lowest BCUT2D eigenvalue weighted by Crippen LogP contribution is -2.21. The summed E-state index contributed by atoms with van der Waals surface area (Å²) < 4.78 is 0. The highest BCUT2D eigenvalue weighted by molar-refractivity contribution is 6.06. The maximum Gasteiger partial charge on any atom is 0.267 e. The number of benzene rings is 3. The highest BCUT2D eigenvalue weighted by Gasteiger charge is 2.14. The number of hydrogen-bond acceptors (Lipinski definition) is 3. The van der Waals surface area contributed by atoms with E-state index >= 15 is 0 Å². The van der Waals surface area contributed by atoms with Gasteiger partial charge in [0.25, 0.3) is 5.91 Å². The van der Waals surface area contributed by atoms with Crippen LogP contribution in [0.2, 0.25) is 0 Å². The normalized spacial score (nSPS) is 11.1. The van der Waals surface area contributed by atoms with E-state index in [0.717, 1.165) is 30.4 Å². The highest BCUT2D eigenvalue weighted by Crippen LogP contribution is 2.22. The van der Waals surface area contributed by atoms with E-state index in [4.69, 9.17) is 0 Å². The Morgan fingerprint density at radius 2 is 1.52 bits per heavy atom. The summed E-state index contributed by atoms with van der Waals surface area (Å²) in [5.41, 5.74) is 4.03. The summed E-state index contributed by atoms with van der Waals surface area (Å²) >= 11 is 0. The zero-order valence-corrected chi connectivity index (χ0v) is 17.7. The molecule has 0 fully saturated rings. The number of nitrogens with zero attached hydrogens (tertiary/aromatic N) is 1. The zero-order valence-electron chi connectivity index (χ0n) is 17.7. The summed E-state index contributed by atoms with van der Waals surface area (Å²) in [6.45, 7) is 2.17. The van der Waals surface area contributed by atoms with Gasteiger partial charge in [-0.3, -0.25) is 4.79 Å². The van der Waals surface area contributed by atoms with Crippen LogP contribution in [0.4, 0.5) is 5.69 Å². The second kappa shape index (κ2) is 11.4. The Morgan fingerprint density at radius 3 is 2.03 bits per heavy atom. The lowest BCUT2D eigenvalue weighted by Gasteiger charge is -2.19. The predicted molar refractivity (Wildman–Crippen MR) is 125 cm³/mol. The molecule has 1 amide bonds. The molecule has 0 spiro atoms. The molecule has 0 unspecified atom stereocenters. The molecule has 0 saturated carbocycles. The fourth-order valence-corrected chi connectivity index (χ4v) is 3.33. The number of unbranched alkanes of at least 4 members (excludes halogenated alkanes) is 1. The van der Waals surface area contributed by atoms with Crippen LogP contribution in [-0.4, -0.2) is 5.91 Å². The van der Waals surface area contributed by atoms with E-state index in [0.29, 0.717) is 5.69 Å². The van der Waals surface area contributed by atoms with E-state index < -0.39 is 5.91 Å². The van der Waals surface area contributed by atoms with E-state index in [1.807, 2.05) is 91.0 Å². The van der Waals surface area contributed by atoms with Crippen molar-refractivity contribution in [2.24, 2.45) is 0 Å². The van der Waals surface area contributed by atoms with E-state index in [1.54, 1.807) is 0 Å². The van der Waals surface area contributed by atoms with Gasteiger partial charge in [-0.15, -0.1) is 0 Å². The van der Waals surface area contributed by atoms with Gasteiger partial charge in [0.05, 0.1) is 6.04 Å². The maximum atomic E-state index is 12.6. The first-order valence-electron chi connectivity index (χ1n) is 10.6. The predicted octanol–water partition coefficient (Wildman–Crippen LogP) is 5.75. The molecule has 0 aliphatic carbocycles. The number of aryl methyl sites for hydroxylation is 1. The average Bonchev–Trinajstić information content (AvgIpc) is 2.82. The van der Waals surface area contributed by atoms with E-state index in [1.165, 1.54) is 11.8 Å². The molecule has 0 aromatic heterocycles. The second-order valence-electron chi connectivity index (χ2n) is 7.35. The molecule has 0 aliphatic heterocycles. The molecule has 0 bridgehead atoms. The summed E-state index contributed by atoms with van der Waals surface area (Å²) in [5.74, 6) is -0.434. The molecule has 3 rings (SSSR count). The van der Waals surface area contributed by atoms with Crippen molar-refractivity contribution in [3.63, 3.8) is 0 Å². The minimum atomic E-state index is -0.434. The van der Waals surface area contributed by atoms with Crippen LogP contribution in [0.1, 0.15) is 42.5 Å². The largest absolute Gasteiger partial charge is 0.379 e. The van der Waals surface area contributed by atoms with Crippen LogP contribution < -0.4 is 10.6 Å². The third kappa shape index (κ3) is 6.32. The molecule has 156 valence electrons. The SMILES string of the molecule is CCCCc1ccc(NC(=O)/C(C#N)=C\NC(c2ccccc2)c2ccccc2)cc1. The van der Waals surface area contributed by atoms with Crippen LogP contribution in [0.5, 0.6) is 0 Å². The number of hydrogen-bond donors (Lipinski definition) is 2. The molecule has 0 aliphatic rings. The van der Waals surface area contributed by atoms with Gasteiger partial charge in [0.2, 0.25) is 0 Å². The van der Waals surface area contributed by atoms with Gasteiger partial charge in [-0.2, -0.15) is 5.26 Å². The smallest absolute Gasteiger partial charge is 0.267 e. The third-order valence-corrected chi connectivity index (χ3v) is 5.06. The van der Waals surface area contributed by atoms with Crippen molar-refractivity contribution in [1.29, 1.82) is 5.26 Å². The maximum absolute atomic E-state index is 12.6. The Hall–Kier alpha value is -3.84. The number of nitrogens with one attached hydrogen (secondary N) is 2. The molecular weight excluding hydrogens is 382 g/mol. The summed E-state index contributed by atoms with van der Waals surface area (Å²) in [6, 6.07) is 29.5. The molecule has 4 nitrogen and oxygen atoms in total. The molecule has 0 atom stereocenters. The third-order valence-electron chi connectivity index (χ3n) is 5.06. The number of amides is 1. The first-order chi connectivity index (χ1) is 15.2. The second-order valence-corrected chi connectivity index (χ2v) is 7.35. The molecule has 31 heavy (non-hydrogen) atoms. The topological polar surface area (TPSA) is 64.9 Å². The number of carbonyl (C=O) groups excluding carboxylic acids is 1. The van der Waals surface area contributed by atoms with Gasteiger partial charge in [0.15, 0.2) is 0 Å². The molecule has 3 aromatic carbocycles. The van der Waals surface area contributed by atoms with Gasteiger partial charge >= 0.3 is 0 Å². The van der Waals surface area contributed by atoms with Crippen molar-refractivity contribution in [3.8, 4) is 6.07 Å². The van der Waals surface area contributed by atoms with Gasteiger partial charge in [-0.25, -0.2) is 0 Å². The number of carbonyl (C=O) groups is 1. The molecule has 2 N–H and O–H groups in total. The first kappa shape index (κ1) is 21.9. The minimum absolute atomic E-state index is 0.0203. The van der Waals surface area contributed by atoms with Crippen molar-refractivity contribution in [1.82, 2.24) is 5.32 Å². The van der Waals surface area contributed by atoms with E-state index in [2.05, 4.69) is 17.6 Å². The van der Waals surface area contributed by atoms with Crippen LogP contribution in [0.15, 0.2) is 96.7 Å². The Balaban J connectivity index is 1.73. The number of nitriles is 1. The van der Waals surface area contributed by atoms with Crippen LogP contribution in [0, 0.1) is 11.3 Å². The zero-order chi connectivity index (χ0) is 21.9. The summed E-state index contributed by atoms with van der Waals surface area (Å²) in [4.78, 5) is 12.6. The average molecular weight is 410 g/mol. The van der Waals surface area contributed by atoms with Crippen LogP contribution in [0.25, 0.3) is 0 Å². The number of rotatable bonds is 9. The fraction of sp³-hybridized carbons (Fsp3) is 0.185. The molecule has 4 heteroatoms. The lowest BCUT2D eigenvalue weighted by atomic mass is 9.99. The van der Waals surface area contributed by atoms with Crippen LogP contribution in [0.3, 0.4) is 0 Å². The standard InChI is InChI=1S/C27H27N3O/c1-2-3-10-21-15-17-25(18-16-21)30-27(31)24(19-28)20-29-26(22-11-6-4-7-12-22)23-13-8-5-9-14-23/h4-9,11-18,20,26,29H,2-3,10H2,1H3,(H,30,31)/b24-20-. The minimum Gasteiger partial charge on any atom is -0.379 e. The quantitative estimate of drug-likeness (QED) is 0.349.